The zero-order chi connectivity index (χ0) is 13.0. The Morgan fingerprint density at radius 2 is 1.89 bits per heavy atom. The van der Waals surface area contributed by atoms with Crippen molar-refractivity contribution in [3.05, 3.63) is 41.9 Å². The maximum Gasteiger partial charge on any atom is 0.131 e. The molecule has 0 amide bonds. The van der Waals surface area contributed by atoms with E-state index in [0.717, 1.165) is 17.0 Å². The summed E-state index contributed by atoms with van der Waals surface area (Å²) < 4.78 is 0. The number of aliphatic hydroxyl groups excluding tert-OH is 1. The first-order valence-corrected chi connectivity index (χ1v) is 7.05. The maximum atomic E-state index is 8.96. The predicted octanol–water partition coefficient (Wildman–Crippen LogP) is 2.71. The highest BCUT2D eigenvalue weighted by atomic mass is 32.2. The lowest BCUT2D eigenvalue weighted by Crippen LogP contribution is -2.01. The highest BCUT2D eigenvalue weighted by Gasteiger charge is 2.04. The van der Waals surface area contributed by atoms with Crippen LogP contribution in [0.4, 0.5) is 0 Å². The van der Waals surface area contributed by atoms with Crippen molar-refractivity contribution >= 4 is 11.8 Å². The minimum Gasteiger partial charge on any atom is -0.396 e. The third-order valence-electron chi connectivity index (χ3n) is 2.62. The first kappa shape index (κ1) is 13.1. The average molecular weight is 260 g/mol. The third-order valence-corrected chi connectivity index (χ3v) is 3.37. The van der Waals surface area contributed by atoms with Gasteiger partial charge in [0.2, 0.25) is 0 Å². The van der Waals surface area contributed by atoms with Gasteiger partial charge in [-0.25, -0.2) is 9.97 Å². The predicted molar refractivity (Wildman–Crippen MR) is 74.8 cm³/mol. The minimum atomic E-state index is 0.0777. The molecule has 0 aliphatic heterocycles. The zero-order valence-corrected chi connectivity index (χ0v) is 11.4. The molecule has 1 N–H and O–H groups in total. The molecule has 94 valence electrons. The van der Waals surface area contributed by atoms with Crippen molar-refractivity contribution in [3.63, 3.8) is 0 Å². The molecule has 3 nitrogen and oxygen atoms in total. The van der Waals surface area contributed by atoms with Crippen LogP contribution in [-0.4, -0.2) is 27.9 Å². The lowest BCUT2D eigenvalue weighted by Gasteiger charge is -2.06. The van der Waals surface area contributed by atoms with Gasteiger partial charge in [0.15, 0.2) is 0 Å². The fraction of sp³-hybridized carbons (Fsp3) is 0.286. The van der Waals surface area contributed by atoms with Crippen molar-refractivity contribution in [2.45, 2.75) is 18.2 Å². The second-order valence-electron chi connectivity index (χ2n) is 4.01. The molecule has 4 heteroatoms. The van der Waals surface area contributed by atoms with Crippen LogP contribution in [0.3, 0.4) is 0 Å². The van der Waals surface area contributed by atoms with Crippen LogP contribution in [0.2, 0.25) is 0 Å². The van der Waals surface area contributed by atoms with Crippen molar-refractivity contribution in [3.8, 4) is 11.3 Å². The Morgan fingerprint density at radius 1 is 1.17 bits per heavy atom. The molecule has 0 fully saturated rings. The van der Waals surface area contributed by atoms with Gasteiger partial charge in [0, 0.05) is 22.6 Å². The van der Waals surface area contributed by atoms with Crippen LogP contribution in [-0.2, 0) is 6.42 Å². The van der Waals surface area contributed by atoms with Crippen molar-refractivity contribution in [2.75, 3.05) is 12.9 Å². The number of rotatable bonds is 4. The second-order valence-corrected chi connectivity index (χ2v) is 4.89. The molecule has 0 aliphatic carbocycles. The van der Waals surface area contributed by atoms with Gasteiger partial charge in [-0.05, 0) is 31.4 Å². The van der Waals surface area contributed by atoms with Crippen LogP contribution in [0, 0.1) is 6.92 Å². The van der Waals surface area contributed by atoms with Crippen LogP contribution in [0.25, 0.3) is 11.3 Å². The molecule has 1 aromatic carbocycles. The molecule has 0 unspecified atom stereocenters. The molecule has 0 atom stereocenters. The lowest BCUT2D eigenvalue weighted by atomic mass is 10.1. The van der Waals surface area contributed by atoms with E-state index in [9.17, 15) is 0 Å². The normalized spacial score (nSPS) is 10.6. The Bertz CT molecular complexity index is 526. The van der Waals surface area contributed by atoms with Gasteiger partial charge in [-0.2, -0.15) is 0 Å². The van der Waals surface area contributed by atoms with Gasteiger partial charge in [-0.3, -0.25) is 0 Å². The molecule has 2 aromatic rings. The molecule has 18 heavy (non-hydrogen) atoms. The summed E-state index contributed by atoms with van der Waals surface area (Å²) in [6.07, 6.45) is 2.56. The fourth-order valence-electron chi connectivity index (χ4n) is 1.75. The third kappa shape index (κ3) is 3.09. The van der Waals surface area contributed by atoms with Gasteiger partial charge in [-0.15, -0.1) is 11.8 Å². The molecule has 1 aromatic heterocycles. The summed E-state index contributed by atoms with van der Waals surface area (Å²) in [4.78, 5) is 10.0. The van der Waals surface area contributed by atoms with E-state index in [1.165, 1.54) is 4.90 Å². The van der Waals surface area contributed by atoms with E-state index >= 15 is 0 Å². The molecule has 2 rings (SSSR count). The standard InChI is InChI=1S/C14H16N2OS/c1-10-9-13(16-14(15-10)7-8-17)11-3-5-12(18-2)6-4-11/h3-6,9,17H,7-8H2,1-2H3. The van der Waals surface area contributed by atoms with E-state index in [1.54, 1.807) is 11.8 Å². The number of thioether (sulfide) groups is 1. The Hall–Kier alpha value is -1.39. The lowest BCUT2D eigenvalue weighted by molar-refractivity contribution is 0.296. The molecule has 0 aliphatic rings. The molecule has 0 saturated heterocycles. The summed E-state index contributed by atoms with van der Waals surface area (Å²) in [5.74, 6) is 0.696. The van der Waals surface area contributed by atoms with Crippen LogP contribution < -0.4 is 0 Å². The van der Waals surface area contributed by atoms with E-state index in [2.05, 4.69) is 40.5 Å². The number of nitrogens with zero attached hydrogens (tertiary/aromatic N) is 2. The van der Waals surface area contributed by atoms with Crippen LogP contribution in [0.1, 0.15) is 11.5 Å². The second kappa shape index (κ2) is 5.98. The molecular weight excluding hydrogens is 244 g/mol. The van der Waals surface area contributed by atoms with Crippen LogP contribution in [0.15, 0.2) is 35.2 Å². The van der Waals surface area contributed by atoms with Crippen LogP contribution in [0.5, 0.6) is 0 Å². The monoisotopic (exact) mass is 260 g/mol. The van der Waals surface area contributed by atoms with E-state index in [1.807, 2.05) is 13.0 Å². The molecular formula is C14H16N2OS. The number of hydrogen-bond acceptors (Lipinski definition) is 4. The minimum absolute atomic E-state index is 0.0777. The van der Waals surface area contributed by atoms with Crippen molar-refractivity contribution in [2.24, 2.45) is 0 Å². The number of benzene rings is 1. The number of aryl methyl sites for hydroxylation is 1. The first-order valence-electron chi connectivity index (χ1n) is 5.83. The molecule has 0 saturated carbocycles. The van der Waals surface area contributed by atoms with Crippen LogP contribution >= 0.6 is 11.8 Å². The molecule has 0 radical (unpaired) electrons. The fourth-order valence-corrected chi connectivity index (χ4v) is 2.16. The summed E-state index contributed by atoms with van der Waals surface area (Å²) in [6, 6.07) is 10.3. The molecule has 0 spiro atoms. The van der Waals surface area contributed by atoms with Crippen molar-refractivity contribution in [1.29, 1.82) is 0 Å². The quantitative estimate of drug-likeness (QED) is 0.859. The summed E-state index contributed by atoms with van der Waals surface area (Å²) in [7, 11) is 0. The Kier molecular flexibility index (Phi) is 4.33. The van der Waals surface area contributed by atoms with Gasteiger partial charge in [0.25, 0.3) is 0 Å². The highest BCUT2D eigenvalue weighted by molar-refractivity contribution is 7.98. The van der Waals surface area contributed by atoms with E-state index in [-0.39, 0.29) is 6.61 Å². The van der Waals surface area contributed by atoms with Gasteiger partial charge < -0.3 is 5.11 Å². The summed E-state index contributed by atoms with van der Waals surface area (Å²) >= 11 is 1.72. The van der Waals surface area contributed by atoms with E-state index in [0.29, 0.717) is 12.2 Å². The summed E-state index contributed by atoms with van der Waals surface area (Å²) in [5, 5.41) is 8.96. The smallest absolute Gasteiger partial charge is 0.131 e. The largest absolute Gasteiger partial charge is 0.396 e. The average Bonchev–Trinajstić information content (AvgIpc) is 2.38. The number of aromatic nitrogens is 2. The number of aliphatic hydroxyl groups is 1. The Labute approximate surface area is 111 Å². The topological polar surface area (TPSA) is 46.0 Å². The highest BCUT2D eigenvalue weighted by Crippen LogP contribution is 2.22. The first-order chi connectivity index (χ1) is 8.72. The van der Waals surface area contributed by atoms with Crippen molar-refractivity contribution in [1.82, 2.24) is 9.97 Å². The van der Waals surface area contributed by atoms with Gasteiger partial charge in [-0.1, -0.05) is 12.1 Å². The molecule has 0 bridgehead atoms. The van der Waals surface area contributed by atoms with Crippen molar-refractivity contribution < 1.29 is 5.11 Å². The zero-order valence-electron chi connectivity index (χ0n) is 10.6. The Balaban J connectivity index is 2.36. The maximum absolute atomic E-state index is 8.96. The Morgan fingerprint density at radius 3 is 2.50 bits per heavy atom. The number of hydrogen-bond donors (Lipinski definition) is 1. The van der Waals surface area contributed by atoms with Gasteiger partial charge in [0.1, 0.15) is 5.82 Å². The van der Waals surface area contributed by atoms with Gasteiger partial charge in [0.05, 0.1) is 12.3 Å². The van der Waals surface area contributed by atoms with E-state index < -0.39 is 0 Å². The summed E-state index contributed by atoms with van der Waals surface area (Å²) in [6.45, 7) is 2.02. The van der Waals surface area contributed by atoms with E-state index in [4.69, 9.17) is 5.11 Å². The SMILES string of the molecule is CSc1ccc(-c2cc(C)nc(CCO)n2)cc1. The van der Waals surface area contributed by atoms with Gasteiger partial charge >= 0.3 is 0 Å². The summed E-state index contributed by atoms with van der Waals surface area (Å²) in [5.41, 5.74) is 2.92. The molecule has 1 heterocycles.